The lowest BCUT2D eigenvalue weighted by Crippen LogP contribution is -2.16. The first-order chi connectivity index (χ1) is 8.20. The van der Waals surface area contributed by atoms with E-state index in [1.165, 1.54) is 6.20 Å². The Hall–Kier alpha value is -2.44. The summed E-state index contributed by atoms with van der Waals surface area (Å²) in [5.41, 5.74) is 0.115. The van der Waals surface area contributed by atoms with E-state index in [-0.39, 0.29) is 5.56 Å². The Morgan fingerprint density at radius 1 is 1.47 bits per heavy atom. The minimum atomic E-state index is -0.575. The number of carbonyl (C=O) groups is 1. The number of carbonyl (C=O) groups excluding carboxylic acids is 1. The Morgan fingerprint density at radius 3 is 2.94 bits per heavy atom. The Morgan fingerprint density at radius 2 is 2.29 bits per heavy atom. The van der Waals surface area contributed by atoms with Gasteiger partial charge in [-0.25, -0.2) is 14.4 Å². The Balaban J connectivity index is 2.26. The molecule has 0 radical (unpaired) electrons. The van der Waals surface area contributed by atoms with Gasteiger partial charge in [-0.05, 0) is 6.07 Å². The summed E-state index contributed by atoms with van der Waals surface area (Å²) in [6.07, 6.45) is 4.10. The van der Waals surface area contributed by atoms with Gasteiger partial charge in [-0.2, -0.15) is 0 Å². The first-order valence-electron chi connectivity index (χ1n) is 4.84. The fourth-order valence-corrected chi connectivity index (χ4v) is 1.32. The quantitative estimate of drug-likeness (QED) is 0.747. The van der Waals surface area contributed by atoms with Crippen molar-refractivity contribution in [3.05, 3.63) is 36.0 Å². The van der Waals surface area contributed by atoms with E-state index in [1.54, 1.807) is 13.2 Å². The van der Waals surface area contributed by atoms with Crippen LogP contribution in [0.3, 0.4) is 0 Å². The van der Waals surface area contributed by atoms with Crippen molar-refractivity contribution in [2.24, 2.45) is 0 Å². The van der Waals surface area contributed by atoms with E-state index in [0.717, 1.165) is 12.3 Å². The van der Waals surface area contributed by atoms with Crippen molar-refractivity contribution in [1.29, 1.82) is 0 Å². The molecular formula is C10H10FN5O. The maximum absolute atomic E-state index is 13.0. The highest BCUT2D eigenvalue weighted by atomic mass is 19.1. The van der Waals surface area contributed by atoms with Crippen LogP contribution in [-0.2, 0) is 0 Å². The first kappa shape index (κ1) is 11.1. The molecule has 0 aliphatic rings. The number of halogens is 1. The highest BCUT2D eigenvalue weighted by Gasteiger charge is 2.14. The third-order valence-corrected chi connectivity index (χ3v) is 2.07. The molecule has 0 saturated heterocycles. The van der Waals surface area contributed by atoms with Crippen LogP contribution in [0.1, 0.15) is 10.4 Å². The third-order valence-electron chi connectivity index (χ3n) is 2.07. The van der Waals surface area contributed by atoms with Gasteiger partial charge in [0.25, 0.3) is 5.91 Å². The lowest BCUT2D eigenvalue weighted by atomic mass is 10.2. The van der Waals surface area contributed by atoms with E-state index in [1.807, 2.05) is 0 Å². The summed E-state index contributed by atoms with van der Waals surface area (Å²) in [5.74, 6) is -0.471. The number of amides is 1. The molecule has 2 rings (SSSR count). The van der Waals surface area contributed by atoms with Crippen LogP contribution >= 0.6 is 0 Å². The number of anilines is 2. The van der Waals surface area contributed by atoms with E-state index in [0.29, 0.717) is 11.8 Å². The zero-order chi connectivity index (χ0) is 12.3. The van der Waals surface area contributed by atoms with Crippen LogP contribution in [0.25, 0.3) is 0 Å². The van der Waals surface area contributed by atoms with Gasteiger partial charge in [0.1, 0.15) is 11.6 Å². The number of rotatable bonds is 3. The van der Waals surface area contributed by atoms with Gasteiger partial charge in [0.15, 0.2) is 0 Å². The monoisotopic (exact) mass is 235 g/mol. The van der Waals surface area contributed by atoms with E-state index in [9.17, 15) is 9.18 Å². The standard InChI is InChI=1S/C10H10FN5O/c1-12-8-7(4-6(11)5-15-8)9(17)16-10-13-2-3-14-10/h2-5H,1H3,(H,12,15)(H2,13,14,16,17). The lowest BCUT2D eigenvalue weighted by Gasteiger charge is -2.07. The molecule has 0 fully saturated rings. The summed E-state index contributed by atoms with van der Waals surface area (Å²) in [4.78, 5) is 22.1. The van der Waals surface area contributed by atoms with Gasteiger partial charge < -0.3 is 10.3 Å². The molecule has 0 aromatic carbocycles. The number of imidazole rings is 1. The summed E-state index contributed by atoms with van der Waals surface area (Å²) < 4.78 is 13.0. The summed E-state index contributed by atoms with van der Waals surface area (Å²) in [7, 11) is 1.60. The third kappa shape index (κ3) is 2.39. The summed E-state index contributed by atoms with van der Waals surface area (Å²) >= 11 is 0. The molecule has 0 aliphatic heterocycles. The average Bonchev–Trinajstić information content (AvgIpc) is 2.81. The van der Waals surface area contributed by atoms with Gasteiger partial charge in [-0.15, -0.1) is 0 Å². The van der Waals surface area contributed by atoms with Crippen molar-refractivity contribution < 1.29 is 9.18 Å². The van der Waals surface area contributed by atoms with Crippen molar-refractivity contribution in [3.8, 4) is 0 Å². The Kier molecular flexibility index (Phi) is 2.99. The van der Waals surface area contributed by atoms with Gasteiger partial charge in [-0.1, -0.05) is 0 Å². The molecule has 3 N–H and O–H groups in total. The predicted molar refractivity (Wildman–Crippen MR) is 60.3 cm³/mol. The van der Waals surface area contributed by atoms with Crippen LogP contribution < -0.4 is 10.6 Å². The van der Waals surface area contributed by atoms with Crippen molar-refractivity contribution >= 4 is 17.7 Å². The second kappa shape index (κ2) is 4.60. The normalized spacial score (nSPS) is 10.0. The van der Waals surface area contributed by atoms with E-state index < -0.39 is 11.7 Å². The van der Waals surface area contributed by atoms with E-state index >= 15 is 0 Å². The van der Waals surface area contributed by atoms with Crippen LogP contribution in [0.15, 0.2) is 24.7 Å². The van der Waals surface area contributed by atoms with Gasteiger partial charge in [0, 0.05) is 19.4 Å². The summed E-state index contributed by atoms with van der Waals surface area (Å²) in [6.45, 7) is 0. The highest BCUT2D eigenvalue weighted by Crippen LogP contribution is 2.14. The fourth-order valence-electron chi connectivity index (χ4n) is 1.32. The molecule has 0 bridgehead atoms. The van der Waals surface area contributed by atoms with Gasteiger partial charge in [-0.3, -0.25) is 10.1 Å². The molecule has 1 amide bonds. The van der Waals surface area contributed by atoms with Crippen molar-refractivity contribution in [1.82, 2.24) is 15.0 Å². The van der Waals surface area contributed by atoms with E-state index in [4.69, 9.17) is 0 Å². The molecule has 0 saturated carbocycles. The van der Waals surface area contributed by atoms with Crippen molar-refractivity contribution in [2.75, 3.05) is 17.7 Å². The van der Waals surface area contributed by atoms with Gasteiger partial charge in [0.05, 0.1) is 11.8 Å². The molecule has 0 spiro atoms. The Labute approximate surface area is 96.3 Å². The zero-order valence-corrected chi connectivity index (χ0v) is 8.99. The molecule has 0 unspecified atom stereocenters. The smallest absolute Gasteiger partial charge is 0.261 e. The second-order valence-electron chi connectivity index (χ2n) is 3.19. The molecule has 2 heterocycles. The number of pyridine rings is 1. The van der Waals surface area contributed by atoms with Gasteiger partial charge >= 0.3 is 0 Å². The summed E-state index contributed by atoms with van der Waals surface area (Å²) in [6, 6.07) is 1.11. The molecular weight excluding hydrogens is 225 g/mol. The topological polar surface area (TPSA) is 82.7 Å². The number of aromatic amines is 1. The molecule has 2 aromatic rings. The number of H-pyrrole nitrogens is 1. The predicted octanol–water partition coefficient (Wildman–Crippen LogP) is 1.24. The molecule has 88 valence electrons. The van der Waals surface area contributed by atoms with Crippen molar-refractivity contribution in [2.45, 2.75) is 0 Å². The molecule has 0 aliphatic carbocycles. The number of hydrogen-bond acceptors (Lipinski definition) is 4. The minimum Gasteiger partial charge on any atom is -0.372 e. The van der Waals surface area contributed by atoms with Crippen LogP contribution in [-0.4, -0.2) is 27.9 Å². The maximum Gasteiger partial charge on any atom is 0.261 e. The highest BCUT2D eigenvalue weighted by molar-refractivity contribution is 6.06. The minimum absolute atomic E-state index is 0.115. The van der Waals surface area contributed by atoms with Gasteiger partial charge in [0.2, 0.25) is 5.95 Å². The van der Waals surface area contributed by atoms with Crippen LogP contribution in [0.2, 0.25) is 0 Å². The molecule has 17 heavy (non-hydrogen) atoms. The fraction of sp³-hybridized carbons (Fsp3) is 0.100. The van der Waals surface area contributed by atoms with Crippen LogP contribution in [0.5, 0.6) is 0 Å². The second-order valence-corrected chi connectivity index (χ2v) is 3.19. The molecule has 6 nitrogen and oxygen atoms in total. The zero-order valence-electron chi connectivity index (χ0n) is 8.99. The van der Waals surface area contributed by atoms with Crippen LogP contribution in [0.4, 0.5) is 16.2 Å². The number of hydrogen-bond donors (Lipinski definition) is 3. The number of aromatic nitrogens is 3. The molecule has 7 heteroatoms. The molecule has 2 aromatic heterocycles. The SMILES string of the molecule is CNc1ncc(F)cc1C(=O)Nc1ncc[nH]1. The first-order valence-corrected chi connectivity index (χ1v) is 4.84. The van der Waals surface area contributed by atoms with E-state index in [2.05, 4.69) is 25.6 Å². The number of nitrogens with zero attached hydrogens (tertiary/aromatic N) is 2. The average molecular weight is 235 g/mol. The number of nitrogens with one attached hydrogen (secondary N) is 3. The Bertz CT molecular complexity index is 525. The maximum atomic E-state index is 13.0. The largest absolute Gasteiger partial charge is 0.372 e. The van der Waals surface area contributed by atoms with Crippen LogP contribution in [0, 0.1) is 5.82 Å². The molecule has 0 atom stereocenters. The summed E-state index contributed by atoms with van der Waals surface area (Å²) in [5, 5.41) is 5.20. The van der Waals surface area contributed by atoms with Crippen molar-refractivity contribution in [3.63, 3.8) is 0 Å². The lowest BCUT2D eigenvalue weighted by molar-refractivity contribution is 0.102.